The molecule has 2 aromatic rings. The van der Waals surface area contributed by atoms with Crippen LogP contribution in [-0.4, -0.2) is 23.6 Å². The third-order valence-corrected chi connectivity index (χ3v) is 4.00. The number of nitrogens with one attached hydrogen (secondary N) is 1. The van der Waals surface area contributed by atoms with Gasteiger partial charge in [-0.15, -0.1) is 0 Å². The molecule has 0 aliphatic heterocycles. The molecule has 0 spiro atoms. The van der Waals surface area contributed by atoms with Crippen LogP contribution in [0.3, 0.4) is 0 Å². The lowest BCUT2D eigenvalue weighted by molar-refractivity contribution is -0.119. The van der Waals surface area contributed by atoms with Gasteiger partial charge in [-0.1, -0.05) is 48.3 Å². The van der Waals surface area contributed by atoms with Crippen molar-refractivity contribution in [1.29, 1.82) is 0 Å². The monoisotopic (exact) mass is 370 g/mol. The van der Waals surface area contributed by atoms with Crippen molar-refractivity contribution in [3.05, 3.63) is 45.3 Å². The van der Waals surface area contributed by atoms with E-state index < -0.39 is 18.5 Å². The minimum absolute atomic E-state index is 0.0344. The molecule has 0 atom stereocenters. The molecule has 2 rings (SSSR count). The second-order valence-corrected chi connectivity index (χ2v) is 6.17. The van der Waals surface area contributed by atoms with Gasteiger partial charge >= 0.3 is 5.97 Å². The van der Waals surface area contributed by atoms with Gasteiger partial charge in [-0.3, -0.25) is 4.79 Å². The SMILES string of the molecule is Cc1noc(C(C)C)c1C(=O)OCC(=O)Nc1cccc(Cl)c1Cl. The van der Waals surface area contributed by atoms with Crippen molar-refractivity contribution >= 4 is 40.8 Å². The molecule has 1 heterocycles. The Morgan fingerprint density at radius 3 is 2.71 bits per heavy atom. The third kappa shape index (κ3) is 4.07. The third-order valence-electron chi connectivity index (χ3n) is 3.18. The average Bonchev–Trinajstić information content (AvgIpc) is 2.91. The van der Waals surface area contributed by atoms with Gasteiger partial charge in [0.15, 0.2) is 12.4 Å². The minimum atomic E-state index is -0.662. The number of nitrogens with zero attached hydrogens (tertiary/aromatic N) is 1. The van der Waals surface area contributed by atoms with Crippen molar-refractivity contribution in [2.45, 2.75) is 26.7 Å². The molecule has 0 radical (unpaired) electrons. The molecule has 1 aromatic carbocycles. The number of carbonyl (C=O) groups excluding carboxylic acids is 2. The first-order valence-electron chi connectivity index (χ1n) is 7.18. The van der Waals surface area contributed by atoms with E-state index in [1.807, 2.05) is 13.8 Å². The number of carbonyl (C=O) groups is 2. The Hall–Kier alpha value is -2.05. The zero-order valence-corrected chi connectivity index (χ0v) is 14.9. The summed E-state index contributed by atoms with van der Waals surface area (Å²) in [5.41, 5.74) is 1.01. The van der Waals surface area contributed by atoms with Gasteiger partial charge in [0.1, 0.15) is 5.56 Å². The van der Waals surface area contributed by atoms with Gasteiger partial charge in [-0.2, -0.15) is 0 Å². The molecule has 1 N–H and O–H groups in total. The van der Waals surface area contributed by atoms with Gasteiger partial charge in [-0.25, -0.2) is 4.79 Å². The summed E-state index contributed by atoms with van der Waals surface area (Å²) in [6.07, 6.45) is 0. The van der Waals surface area contributed by atoms with Crippen LogP contribution in [0.2, 0.25) is 10.0 Å². The van der Waals surface area contributed by atoms with Crippen LogP contribution in [0, 0.1) is 6.92 Å². The van der Waals surface area contributed by atoms with E-state index in [0.29, 0.717) is 22.2 Å². The normalized spacial score (nSPS) is 10.8. The standard InChI is InChI=1S/C16H16Cl2N2O4/c1-8(2)15-13(9(3)20-24-15)16(22)23-7-12(21)19-11-6-4-5-10(17)14(11)18/h4-6,8H,7H2,1-3H3,(H,19,21). The van der Waals surface area contributed by atoms with Crippen molar-refractivity contribution in [2.24, 2.45) is 0 Å². The number of esters is 1. The maximum Gasteiger partial charge on any atom is 0.344 e. The van der Waals surface area contributed by atoms with E-state index in [2.05, 4.69) is 10.5 Å². The van der Waals surface area contributed by atoms with Gasteiger partial charge in [0.2, 0.25) is 0 Å². The van der Waals surface area contributed by atoms with Crippen LogP contribution in [0.25, 0.3) is 0 Å². The molecule has 0 aliphatic rings. The highest BCUT2D eigenvalue weighted by molar-refractivity contribution is 6.44. The maximum atomic E-state index is 12.2. The zero-order chi connectivity index (χ0) is 17.9. The van der Waals surface area contributed by atoms with Crippen molar-refractivity contribution in [3.63, 3.8) is 0 Å². The van der Waals surface area contributed by atoms with E-state index >= 15 is 0 Å². The lowest BCUT2D eigenvalue weighted by Gasteiger charge is -2.09. The Labute approximate surface area is 149 Å². The smallest absolute Gasteiger partial charge is 0.344 e. The lowest BCUT2D eigenvalue weighted by atomic mass is 10.1. The van der Waals surface area contributed by atoms with E-state index in [4.69, 9.17) is 32.5 Å². The molecule has 0 fully saturated rings. The summed E-state index contributed by atoms with van der Waals surface area (Å²) in [5.74, 6) is -0.804. The number of ether oxygens (including phenoxy) is 1. The summed E-state index contributed by atoms with van der Waals surface area (Å²) in [6.45, 7) is 4.90. The fourth-order valence-electron chi connectivity index (χ4n) is 2.02. The molecule has 1 aromatic heterocycles. The first-order chi connectivity index (χ1) is 11.3. The molecule has 1 amide bonds. The predicted molar refractivity (Wildman–Crippen MR) is 90.7 cm³/mol. The van der Waals surface area contributed by atoms with E-state index in [1.165, 1.54) is 0 Å². The average molecular weight is 371 g/mol. The highest BCUT2D eigenvalue weighted by atomic mass is 35.5. The fraction of sp³-hybridized carbons (Fsp3) is 0.312. The molecular weight excluding hydrogens is 355 g/mol. The van der Waals surface area contributed by atoms with Crippen molar-refractivity contribution < 1.29 is 18.8 Å². The molecule has 128 valence electrons. The number of aromatic nitrogens is 1. The summed E-state index contributed by atoms with van der Waals surface area (Å²) in [7, 11) is 0. The number of anilines is 1. The lowest BCUT2D eigenvalue weighted by Crippen LogP contribution is -2.21. The zero-order valence-electron chi connectivity index (χ0n) is 13.4. The summed E-state index contributed by atoms with van der Waals surface area (Å²) >= 11 is 11.9. The quantitative estimate of drug-likeness (QED) is 0.797. The second-order valence-electron chi connectivity index (χ2n) is 5.39. The highest BCUT2D eigenvalue weighted by Gasteiger charge is 2.24. The molecule has 0 saturated heterocycles. The number of rotatable bonds is 5. The molecule has 0 saturated carbocycles. The highest BCUT2D eigenvalue weighted by Crippen LogP contribution is 2.29. The largest absolute Gasteiger partial charge is 0.452 e. The van der Waals surface area contributed by atoms with Gasteiger partial charge in [0.25, 0.3) is 5.91 Å². The van der Waals surface area contributed by atoms with E-state index in [-0.39, 0.29) is 16.5 Å². The maximum absolute atomic E-state index is 12.2. The van der Waals surface area contributed by atoms with Crippen LogP contribution in [-0.2, 0) is 9.53 Å². The first kappa shape index (κ1) is 18.3. The Morgan fingerprint density at radius 2 is 2.04 bits per heavy atom. The summed E-state index contributed by atoms with van der Waals surface area (Å²) in [6, 6.07) is 4.84. The summed E-state index contributed by atoms with van der Waals surface area (Å²) in [4.78, 5) is 24.1. The first-order valence-corrected chi connectivity index (χ1v) is 7.94. The minimum Gasteiger partial charge on any atom is -0.452 e. The Morgan fingerprint density at radius 1 is 1.33 bits per heavy atom. The Kier molecular flexibility index (Phi) is 5.85. The van der Waals surface area contributed by atoms with E-state index in [1.54, 1.807) is 25.1 Å². The topological polar surface area (TPSA) is 81.4 Å². The number of halogens is 2. The van der Waals surface area contributed by atoms with Crippen LogP contribution in [0.15, 0.2) is 22.7 Å². The summed E-state index contributed by atoms with van der Waals surface area (Å²) in [5, 5.41) is 6.83. The number of hydrogen-bond acceptors (Lipinski definition) is 5. The molecule has 6 nitrogen and oxygen atoms in total. The second kappa shape index (κ2) is 7.68. The van der Waals surface area contributed by atoms with Crippen LogP contribution in [0.5, 0.6) is 0 Å². The van der Waals surface area contributed by atoms with E-state index in [0.717, 1.165) is 0 Å². The number of amides is 1. The van der Waals surface area contributed by atoms with Crippen molar-refractivity contribution in [2.75, 3.05) is 11.9 Å². The molecule has 0 unspecified atom stereocenters. The predicted octanol–water partition coefficient (Wildman–Crippen LogP) is 4.21. The van der Waals surface area contributed by atoms with E-state index in [9.17, 15) is 9.59 Å². The molecule has 0 bridgehead atoms. The number of benzene rings is 1. The number of aryl methyl sites for hydroxylation is 1. The van der Waals surface area contributed by atoms with Crippen LogP contribution < -0.4 is 5.32 Å². The van der Waals surface area contributed by atoms with Gasteiger partial charge in [0, 0.05) is 5.92 Å². The molecule has 8 heteroatoms. The fourth-order valence-corrected chi connectivity index (χ4v) is 2.37. The summed E-state index contributed by atoms with van der Waals surface area (Å²) < 4.78 is 10.2. The Bertz CT molecular complexity index is 771. The number of hydrogen-bond donors (Lipinski definition) is 1. The molecule has 0 aliphatic carbocycles. The van der Waals surface area contributed by atoms with Gasteiger partial charge in [-0.05, 0) is 19.1 Å². The van der Waals surface area contributed by atoms with Gasteiger partial charge < -0.3 is 14.6 Å². The Balaban J connectivity index is 2.01. The van der Waals surface area contributed by atoms with Crippen molar-refractivity contribution in [3.8, 4) is 0 Å². The van der Waals surface area contributed by atoms with Crippen LogP contribution in [0.1, 0.15) is 41.6 Å². The van der Waals surface area contributed by atoms with Crippen LogP contribution in [0.4, 0.5) is 5.69 Å². The van der Waals surface area contributed by atoms with Crippen LogP contribution >= 0.6 is 23.2 Å². The molecule has 24 heavy (non-hydrogen) atoms. The van der Waals surface area contributed by atoms with Crippen molar-refractivity contribution in [1.82, 2.24) is 5.16 Å². The van der Waals surface area contributed by atoms with Gasteiger partial charge in [0.05, 0.1) is 21.4 Å². The molecular formula is C16H16Cl2N2O4.